The number of aromatic amines is 1. The zero-order valence-corrected chi connectivity index (χ0v) is 20.6. The number of benzene rings is 4. The molecule has 7 nitrogen and oxygen atoms in total. The Balaban J connectivity index is 1.34. The number of para-hydroxylation sites is 5. The van der Waals surface area contributed by atoms with Crippen LogP contribution in [0.5, 0.6) is 5.75 Å². The van der Waals surface area contributed by atoms with Gasteiger partial charge < -0.3 is 19.5 Å². The third kappa shape index (κ3) is 4.65. The van der Waals surface area contributed by atoms with E-state index in [9.17, 15) is 4.79 Å². The second-order valence-corrected chi connectivity index (χ2v) is 8.65. The number of carbonyl (C=O) groups is 1. The van der Waals surface area contributed by atoms with Crippen molar-refractivity contribution in [3.05, 3.63) is 114 Å². The van der Waals surface area contributed by atoms with Crippen molar-refractivity contribution in [2.75, 3.05) is 11.9 Å². The average Bonchev–Trinajstić information content (AvgIpc) is 3.39. The quantitative estimate of drug-likeness (QED) is 0.261. The van der Waals surface area contributed by atoms with Gasteiger partial charge in [-0.05, 0) is 67.6 Å². The molecular weight excluding hydrogens is 476 g/mol. The Labute approximate surface area is 218 Å². The molecule has 0 saturated carbocycles. The standard InChI is InChI=1S/C31H24N4O3/c1-2-37-28-14-8-6-12-26(28)35-31-23(19-21-9-3-7-13-27(21)38-31)30(36)32-22-17-15-20(16-18-22)29-33-24-10-4-5-11-25(24)34-29/h3-19H,2H2,1H3,(H,32,36)(H,33,34). The molecule has 186 valence electrons. The van der Waals surface area contributed by atoms with Crippen LogP contribution in [0.2, 0.25) is 0 Å². The SMILES string of the molecule is CCOc1ccccc1N=c1oc2ccccc2cc1C(=O)Nc1ccc(-c2nc3ccccc3[nH]2)cc1. The van der Waals surface area contributed by atoms with Gasteiger partial charge in [-0.15, -0.1) is 0 Å². The van der Waals surface area contributed by atoms with E-state index in [2.05, 4.69) is 20.3 Å². The summed E-state index contributed by atoms with van der Waals surface area (Å²) in [6, 6.07) is 32.2. The average molecular weight is 501 g/mol. The first-order chi connectivity index (χ1) is 18.7. The van der Waals surface area contributed by atoms with Crippen LogP contribution in [0.1, 0.15) is 17.3 Å². The van der Waals surface area contributed by atoms with Crippen molar-refractivity contribution in [1.82, 2.24) is 9.97 Å². The zero-order valence-electron chi connectivity index (χ0n) is 20.6. The number of rotatable bonds is 6. The van der Waals surface area contributed by atoms with Crippen LogP contribution in [0.25, 0.3) is 33.4 Å². The molecule has 0 saturated heterocycles. The normalized spacial score (nSPS) is 11.7. The van der Waals surface area contributed by atoms with Crippen LogP contribution in [0.4, 0.5) is 11.4 Å². The summed E-state index contributed by atoms with van der Waals surface area (Å²) in [5, 5.41) is 3.77. The maximum atomic E-state index is 13.5. The molecule has 2 aromatic heterocycles. The summed E-state index contributed by atoms with van der Waals surface area (Å²) in [6.45, 7) is 2.41. The molecule has 6 rings (SSSR count). The highest BCUT2D eigenvalue weighted by Crippen LogP contribution is 2.27. The van der Waals surface area contributed by atoms with Gasteiger partial charge in [0.2, 0.25) is 5.55 Å². The van der Waals surface area contributed by atoms with E-state index in [-0.39, 0.29) is 11.5 Å². The van der Waals surface area contributed by atoms with Gasteiger partial charge in [0.15, 0.2) is 0 Å². The minimum atomic E-state index is -0.330. The highest BCUT2D eigenvalue weighted by molar-refractivity contribution is 6.05. The molecule has 0 aliphatic carbocycles. The summed E-state index contributed by atoms with van der Waals surface area (Å²) in [4.78, 5) is 26.1. The smallest absolute Gasteiger partial charge is 0.261 e. The van der Waals surface area contributed by atoms with Crippen LogP contribution < -0.4 is 15.6 Å². The fourth-order valence-electron chi connectivity index (χ4n) is 4.25. The predicted octanol–water partition coefficient (Wildman–Crippen LogP) is 6.86. The number of anilines is 1. The van der Waals surface area contributed by atoms with E-state index in [1.54, 1.807) is 6.07 Å². The lowest BCUT2D eigenvalue weighted by molar-refractivity contribution is 0.102. The molecule has 0 unspecified atom stereocenters. The van der Waals surface area contributed by atoms with Crippen molar-refractivity contribution in [3.63, 3.8) is 0 Å². The first kappa shape index (κ1) is 23.2. The number of hydrogen-bond donors (Lipinski definition) is 2. The number of H-pyrrole nitrogens is 1. The lowest BCUT2D eigenvalue weighted by Crippen LogP contribution is -2.21. The molecule has 6 aromatic rings. The molecule has 0 spiro atoms. The predicted molar refractivity (Wildman–Crippen MR) is 149 cm³/mol. The van der Waals surface area contributed by atoms with E-state index in [0.717, 1.165) is 27.8 Å². The third-order valence-corrected chi connectivity index (χ3v) is 6.09. The van der Waals surface area contributed by atoms with Crippen molar-refractivity contribution in [2.45, 2.75) is 6.92 Å². The molecule has 4 aromatic carbocycles. The summed E-state index contributed by atoms with van der Waals surface area (Å²) >= 11 is 0. The minimum Gasteiger partial charge on any atom is -0.492 e. The van der Waals surface area contributed by atoms with E-state index in [4.69, 9.17) is 9.15 Å². The first-order valence-electron chi connectivity index (χ1n) is 12.3. The van der Waals surface area contributed by atoms with Crippen molar-refractivity contribution in [2.24, 2.45) is 4.99 Å². The zero-order chi connectivity index (χ0) is 25.9. The third-order valence-electron chi connectivity index (χ3n) is 6.09. The number of amides is 1. The highest BCUT2D eigenvalue weighted by Gasteiger charge is 2.14. The molecule has 2 N–H and O–H groups in total. The fourth-order valence-corrected chi connectivity index (χ4v) is 4.25. The van der Waals surface area contributed by atoms with Gasteiger partial charge in [0.05, 0.1) is 17.6 Å². The molecule has 0 atom stereocenters. The van der Waals surface area contributed by atoms with Crippen molar-refractivity contribution in [3.8, 4) is 17.1 Å². The van der Waals surface area contributed by atoms with Gasteiger partial charge in [-0.3, -0.25) is 4.79 Å². The molecule has 0 aliphatic heterocycles. The van der Waals surface area contributed by atoms with Gasteiger partial charge in [0.1, 0.15) is 28.4 Å². The maximum Gasteiger partial charge on any atom is 0.261 e. The second-order valence-electron chi connectivity index (χ2n) is 8.65. The minimum absolute atomic E-state index is 0.201. The first-order valence-corrected chi connectivity index (χ1v) is 12.3. The Morgan fingerprint density at radius 2 is 1.71 bits per heavy atom. The Kier molecular flexibility index (Phi) is 6.16. The van der Waals surface area contributed by atoms with Crippen LogP contribution in [0.3, 0.4) is 0 Å². The summed E-state index contributed by atoms with van der Waals surface area (Å²) in [7, 11) is 0. The molecular formula is C31H24N4O3. The number of fused-ring (bicyclic) bond motifs is 2. The Bertz CT molecular complexity index is 1800. The number of ether oxygens (including phenoxy) is 1. The summed E-state index contributed by atoms with van der Waals surface area (Å²) in [6.07, 6.45) is 0. The summed E-state index contributed by atoms with van der Waals surface area (Å²) < 4.78 is 11.8. The summed E-state index contributed by atoms with van der Waals surface area (Å²) in [5.41, 5.74) is 5.17. The molecule has 38 heavy (non-hydrogen) atoms. The van der Waals surface area contributed by atoms with Gasteiger partial charge in [0, 0.05) is 16.6 Å². The molecule has 2 heterocycles. The van der Waals surface area contributed by atoms with E-state index >= 15 is 0 Å². The number of nitrogens with zero attached hydrogens (tertiary/aromatic N) is 2. The number of carbonyl (C=O) groups excluding carboxylic acids is 1. The second kappa shape index (κ2) is 10.1. The van der Waals surface area contributed by atoms with Crippen LogP contribution >= 0.6 is 0 Å². The number of imidazole rings is 1. The molecule has 0 bridgehead atoms. The van der Waals surface area contributed by atoms with E-state index in [0.29, 0.717) is 34.9 Å². The number of hydrogen-bond acceptors (Lipinski definition) is 5. The lowest BCUT2D eigenvalue weighted by atomic mass is 10.1. The van der Waals surface area contributed by atoms with Gasteiger partial charge >= 0.3 is 0 Å². The lowest BCUT2D eigenvalue weighted by Gasteiger charge is -2.09. The van der Waals surface area contributed by atoms with Crippen LogP contribution in [0, 0.1) is 0 Å². The van der Waals surface area contributed by atoms with E-state index in [1.165, 1.54) is 0 Å². The van der Waals surface area contributed by atoms with E-state index < -0.39 is 0 Å². The number of aromatic nitrogens is 2. The van der Waals surface area contributed by atoms with Crippen molar-refractivity contribution in [1.29, 1.82) is 0 Å². The topological polar surface area (TPSA) is 92.5 Å². The van der Waals surface area contributed by atoms with Gasteiger partial charge in [-0.25, -0.2) is 9.98 Å². The molecule has 0 aliphatic rings. The molecule has 0 radical (unpaired) electrons. The Hall–Kier alpha value is -5.17. The van der Waals surface area contributed by atoms with Crippen LogP contribution in [-0.4, -0.2) is 22.5 Å². The van der Waals surface area contributed by atoms with Crippen LogP contribution in [0.15, 0.2) is 113 Å². The Morgan fingerprint density at radius 3 is 2.55 bits per heavy atom. The summed E-state index contributed by atoms with van der Waals surface area (Å²) in [5.74, 6) is 1.06. The van der Waals surface area contributed by atoms with Gasteiger partial charge in [-0.2, -0.15) is 0 Å². The monoisotopic (exact) mass is 500 g/mol. The maximum absolute atomic E-state index is 13.5. The van der Waals surface area contributed by atoms with E-state index in [1.807, 2.05) is 104 Å². The molecule has 1 amide bonds. The molecule has 7 heteroatoms. The largest absolute Gasteiger partial charge is 0.492 e. The van der Waals surface area contributed by atoms with Crippen molar-refractivity contribution < 1.29 is 13.9 Å². The molecule has 0 fully saturated rings. The number of nitrogens with one attached hydrogen (secondary N) is 2. The Morgan fingerprint density at radius 1 is 0.947 bits per heavy atom. The van der Waals surface area contributed by atoms with Crippen molar-refractivity contribution >= 4 is 39.3 Å². The van der Waals surface area contributed by atoms with Crippen LogP contribution in [-0.2, 0) is 0 Å². The van der Waals surface area contributed by atoms with Gasteiger partial charge in [-0.1, -0.05) is 42.5 Å². The highest BCUT2D eigenvalue weighted by atomic mass is 16.5. The fraction of sp³-hybridized carbons (Fsp3) is 0.0645. The van der Waals surface area contributed by atoms with Gasteiger partial charge in [0.25, 0.3) is 5.91 Å².